The minimum absolute atomic E-state index is 0.0497. The Labute approximate surface area is 192 Å². The predicted octanol–water partition coefficient (Wildman–Crippen LogP) is 3.66. The van der Waals surface area contributed by atoms with Gasteiger partial charge in [0.2, 0.25) is 5.91 Å². The number of fused-ring (bicyclic) bond motifs is 1. The van der Waals surface area contributed by atoms with Crippen LogP contribution in [0.3, 0.4) is 0 Å². The number of amides is 2. The lowest BCUT2D eigenvalue weighted by Gasteiger charge is -2.28. The van der Waals surface area contributed by atoms with Crippen LogP contribution < -0.4 is 14.5 Å². The normalized spacial score (nSPS) is 12.9. The topological polar surface area (TPSA) is 84.7 Å². The summed E-state index contributed by atoms with van der Waals surface area (Å²) in [7, 11) is 1.58. The first kappa shape index (κ1) is 22.3. The average Bonchev–Trinajstić information content (AvgIpc) is 3.25. The third-order valence-electron chi connectivity index (χ3n) is 5.87. The first-order valence-electron chi connectivity index (χ1n) is 11.0. The zero-order valence-corrected chi connectivity index (χ0v) is 18.9. The fourth-order valence-corrected chi connectivity index (χ4v) is 4.14. The van der Waals surface area contributed by atoms with E-state index in [-0.39, 0.29) is 17.5 Å². The van der Waals surface area contributed by atoms with Crippen LogP contribution in [0, 0.1) is 0 Å². The number of methoxy groups -OCH3 is 1. The van der Waals surface area contributed by atoms with E-state index < -0.39 is 0 Å². The molecule has 33 heavy (non-hydrogen) atoms. The van der Waals surface area contributed by atoms with E-state index in [1.807, 2.05) is 38.1 Å². The molecule has 0 atom stereocenters. The van der Waals surface area contributed by atoms with E-state index in [1.165, 1.54) is 4.68 Å². The maximum Gasteiger partial charge on any atom is 0.277 e. The van der Waals surface area contributed by atoms with Crippen molar-refractivity contribution in [3.63, 3.8) is 0 Å². The fourth-order valence-electron chi connectivity index (χ4n) is 4.14. The van der Waals surface area contributed by atoms with Crippen molar-refractivity contribution in [2.75, 3.05) is 30.0 Å². The molecule has 4 rings (SSSR count). The summed E-state index contributed by atoms with van der Waals surface area (Å²) < 4.78 is 6.74. The molecule has 0 aliphatic carbocycles. The predicted molar refractivity (Wildman–Crippen MR) is 126 cm³/mol. The van der Waals surface area contributed by atoms with Gasteiger partial charge in [-0.15, -0.1) is 0 Å². The first-order chi connectivity index (χ1) is 16.0. The average molecular weight is 447 g/mol. The summed E-state index contributed by atoms with van der Waals surface area (Å²) in [5.41, 5.74) is 3.51. The molecule has 0 saturated heterocycles. The van der Waals surface area contributed by atoms with Crippen LogP contribution in [0.1, 0.15) is 46.8 Å². The Balaban J connectivity index is 1.69. The number of anilines is 2. The molecule has 8 heteroatoms. The number of aromatic nitrogens is 2. The molecule has 2 amide bonds. The Morgan fingerprint density at radius 1 is 1.09 bits per heavy atom. The minimum Gasteiger partial charge on any atom is -0.497 e. The van der Waals surface area contributed by atoms with E-state index in [4.69, 9.17) is 4.74 Å². The van der Waals surface area contributed by atoms with Gasteiger partial charge in [0.15, 0.2) is 6.29 Å². The van der Waals surface area contributed by atoms with Crippen LogP contribution in [0.5, 0.6) is 5.75 Å². The molecule has 0 unspecified atom stereocenters. The lowest BCUT2D eigenvalue weighted by atomic mass is 10.0. The number of carbonyl (C=O) groups excluding carboxylic acids is 3. The van der Waals surface area contributed by atoms with Gasteiger partial charge >= 0.3 is 0 Å². The highest BCUT2D eigenvalue weighted by Crippen LogP contribution is 2.30. The molecular weight excluding hydrogens is 420 g/mol. The molecule has 0 spiro atoms. The van der Waals surface area contributed by atoms with Crippen LogP contribution in [-0.2, 0) is 11.2 Å². The summed E-state index contributed by atoms with van der Waals surface area (Å²) in [6, 6.07) is 14.6. The summed E-state index contributed by atoms with van der Waals surface area (Å²) >= 11 is 0. The van der Waals surface area contributed by atoms with Crippen molar-refractivity contribution >= 4 is 29.5 Å². The van der Waals surface area contributed by atoms with Gasteiger partial charge in [-0.05, 0) is 61.9 Å². The second kappa shape index (κ2) is 9.28. The molecule has 1 aromatic heterocycles. The van der Waals surface area contributed by atoms with Crippen LogP contribution >= 0.6 is 0 Å². The van der Waals surface area contributed by atoms with Crippen molar-refractivity contribution in [3.8, 4) is 11.4 Å². The number of hydrogen-bond donors (Lipinski definition) is 0. The van der Waals surface area contributed by atoms with Crippen LogP contribution in [0.25, 0.3) is 5.69 Å². The number of rotatable bonds is 7. The molecule has 0 bridgehead atoms. The standard InChI is InChI=1S/C25H26N4O4/c1-4-23(31)27(5-2)17-6-8-18(9-7-17)28-15-14-21-22(16-30)26-29(24(21)25(28)32)19-10-12-20(33-3)13-11-19/h6-13,16H,4-5,14-15H2,1-3H3. The number of hydrogen-bond acceptors (Lipinski definition) is 5. The van der Waals surface area contributed by atoms with E-state index in [2.05, 4.69) is 5.10 Å². The largest absolute Gasteiger partial charge is 0.497 e. The molecular formula is C25H26N4O4. The van der Waals surface area contributed by atoms with Crippen LogP contribution in [0.15, 0.2) is 48.5 Å². The van der Waals surface area contributed by atoms with E-state index in [9.17, 15) is 14.4 Å². The number of benzene rings is 2. The second-order valence-electron chi connectivity index (χ2n) is 7.65. The molecule has 0 radical (unpaired) electrons. The number of carbonyl (C=O) groups is 3. The van der Waals surface area contributed by atoms with Crippen LogP contribution in [-0.4, -0.2) is 48.1 Å². The van der Waals surface area contributed by atoms with Gasteiger partial charge in [-0.1, -0.05) is 6.92 Å². The van der Waals surface area contributed by atoms with E-state index >= 15 is 0 Å². The van der Waals surface area contributed by atoms with Crippen molar-refractivity contribution < 1.29 is 19.1 Å². The van der Waals surface area contributed by atoms with Crippen molar-refractivity contribution in [3.05, 3.63) is 65.5 Å². The van der Waals surface area contributed by atoms with Crippen molar-refractivity contribution in [1.29, 1.82) is 0 Å². The molecule has 170 valence electrons. The molecule has 3 aromatic rings. The lowest BCUT2D eigenvalue weighted by Crippen LogP contribution is -2.39. The number of nitrogens with zero attached hydrogens (tertiary/aromatic N) is 4. The third kappa shape index (κ3) is 4.00. The molecule has 2 heterocycles. The summed E-state index contributed by atoms with van der Waals surface area (Å²) in [5.74, 6) is 0.511. The summed E-state index contributed by atoms with van der Waals surface area (Å²) in [4.78, 5) is 40.8. The van der Waals surface area contributed by atoms with E-state index in [0.717, 1.165) is 11.4 Å². The van der Waals surface area contributed by atoms with Crippen molar-refractivity contribution in [1.82, 2.24) is 9.78 Å². The maximum absolute atomic E-state index is 13.6. The van der Waals surface area contributed by atoms with Gasteiger partial charge in [0.25, 0.3) is 5.91 Å². The second-order valence-corrected chi connectivity index (χ2v) is 7.65. The number of ether oxygens (including phenoxy) is 1. The summed E-state index contributed by atoms with van der Waals surface area (Å²) in [5, 5.41) is 4.41. The van der Waals surface area contributed by atoms with Gasteiger partial charge in [-0.2, -0.15) is 5.10 Å². The Bertz CT molecular complexity index is 1180. The van der Waals surface area contributed by atoms with Crippen LogP contribution in [0.4, 0.5) is 11.4 Å². The fraction of sp³-hybridized carbons (Fsp3) is 0.280. The van der Waals surface area contributed by atoms with Gasteiger partial charge in [0, 0.05) is 36.4 Å². The summed E-state index contributed by atoms with van der Waals surface area (Å²) in [6.07, 6.45) is 1.64. The Morgan fingerprint density at radius 3 is 2.33 bits per heavy atom. The van der Waals surface area contributed by atoms with Gasteiger partial charge < -0.3 is 14.5 Å². The smallest absolute Gasteiger partial charge is 0.277 e. The van der Waals surface area contributed by atoms with E-state index in [1.54, 1.807) is 41.2 Å². The highest BCUT2D eigenvalue weighted by molar-refractivity contribution is 6.08. The quantitative estimate of drug-likeness (QED) is 0.517. The third-order valence-corrected chi connectivity index (χ3v) is 5.87. The van der Waals surface area contributed by atoms with Gasteiger partial charge in [0.05, 0.1) is 12.8 Å². The molecule has 0 fully saturated rings. The van der Waals surface area contributed by atoms with Gasteiger partial charge in [-0.3, -0.25) is 14.4 Å². The highest BCUT2D eigenvalue weighted by Gasteiger charge is 2.33. The Kier molecular flexibility index (Phi) is 6.26. The van der Waals surface area contributed by atoms with Crippen LogP contribution in [0.2, 0.25) is 0 Å². The van der Waals surface area contributed by atoms with Crippen molar-refractivity contribution in [2.45, 2.75) is 26.7 Å². The van der Waals surface area contributed by atoms with E-state index in [0.29, 0.717) is 54.9 Å². The molecule has 0 N–H and O–H groups in total. The zero-order chi connectivity index (χ0) is 23.5. The van der Waals surface area contributed by atoms with Gasteiger partial charge in [0.1, 0.15) is 17.1 Å². The highest BCUT2D eigenvalue weighted by atomic mass is 16.5. The molecule has 0 saturated carbocycles. The molecule has 2 aromatic carbocycles. The monoisotopic (exact) mass is 446 g/mol. The van der Waals surface area contributed by atoms with Crippen molar-refractivity contribution in [2.24, 2.45) is 0 Å². The van der Waals surface area contributed by atoms with Gasteiger partial charge in [-0.25, -0.2) is 4.68 Å². The Morgan fingerprint density at radius 2 is 1.76 bits per heavy atom. The SMILES string of the molecule is CCC(=O)N(CC)c1ccc(N2CCc3c(C=O)nn(-c4ccc(OC)cc4)c3C2=O)cc1. The molecule has 1 aliphatic rings. The first-order valence-corrected chi connectivity index (χ1v) is 11.0. The molecule has 8 nitrogen and oxygen atoms in total. The lowest BCUT2D eigenvalue weighted by molar-refractivity contribution is -0.118. The minimum atomic E-state index is -0.225. The zero-order valence-electron chi connectivity index (χ0n) is 18.9. The summed E-state index contributed by atoms with van der Waals surface area (Å²) in [6.45, 7) is 4.78. The Hall–Kier alpha value is -3.94. The number of aldehydes is 1. The molecule has 1 aliphatic heterocycles. The maximum atomic E-state index is 13.6.